The lowest BCUT2D eigenvalue weighted by molar-refractivity contribution is -0.133. The molecule has 1 saturated carbocycles. The Balaban J connectivity index is 1.21. The number of likely N-dealkylation sites (tertiary alicyclic amines) is 1. The first kappa shape index (κ1) is 22.1. The summed E-state index contributed by atoms with van der Waals surface area (Å²) in [5, 5.41) is 3.11. The summed E-state index contributed by atoms with van der Waals surface area (Å²) >= 11 is 0. The molecule has 0 bridgehead atoms. The lowest BCUT2D eigenvalue weighted by atomic mass is 9.93. The molecule has 2 aliphatic heterocycles. The van der Waals surface area contributed by atoms with Crippen LogP contribution in [0.15, 0.2) is 18.2 Å². The zero-order valence-corrected chi connectivity index (χ0v) is 18.9. The first-order valence-electron chi connectivity index (χ1n) is 12.1. The van der Waals surface area contributed by atoms with Gasteiger partial charge in [0.05, 0.1) is 6.54 Å². The summed E-state index contributed by atoms with van der Waals surface area (Å²) in [6.45, 7) is 8.35. The molecule has 170 valence electrons. The molecule has 1 aliphatic carbocycles. The van der Waals surface area contributed by atoms with E-state index in [1.54, 1.807) is 0 Å². The maximum atomic E-state index is 12.5. The zero-order chi connectivity index (χ0) is 21.6. The van der Waals surface area contributed by atoms with Crippen LogP contribution in [-0.2, 0) is 22.6 Å². The minimum absolute atomic E-state index is 0.128. The van der Waals surface area contributed by atoms with Crippen molar-refractivity contribution in [1.82, 2.24) is 15.1 Å². The van der Waals surface area contributed by atoms with Crippen molar-refractivity contribution >= 4 is 11.8 Å². The standard InChI is InChI=1S/C25H37N3O3/c1-2-27-13-10-19(11-14-27)9-12-26-24(29)8-4-20-3-7-23-22(17-20)18-28(15-16-31-23)25(30)21-5-6-21/h3,7,17,19,21H,2,4-6,8-16,18H2,1H3,(H,26,29). The summed E-state index contributed by atoms with van der Waals surface area (Å²) < 4.78 is 5.86. The molecule has 0 unspecified atom stereocenters. The van der Waals surface area contributed by atoms with Crippen LogP contribution in [0.1, 0.15) is 56.6 Å². The third-order valence-electron chi connectivity index (χ3n) is 7.01. The van der Waals surface area contributed by atoms with Crippen LogP contribution in [0.5, 0.6) is 5.75 Å². The molecule has 0 aromatic heterocycles. The van der Waals surface area contributed by atoms with E-state index in [4.69, 9.17) is 4.74 Å². The van der Waals surface area contributed by atoms with Crippen molar-refractivity contribution in [3.05, 3.63) is 29.3 Å². The number of benzene rings is 1. The molecule has 2 heterocycles. The molecule has 4 rings (SSSR count). The number of amides is 2. The minimum Gasteiger partial charge on any atom is -0.491 e. The number of piperidine rings is 1. The Morgan fingerprint density at radius 3 is 2.68 bits per heavy atom. The van der Waals surface area contributed by atoms with E-state index in [9.17, 15) is 9.59 Å². The summed E-state index contributed by atoms with van der Waals surface area (Å²) in [5.74, 6) is 2.24. The molecule has 31 heavy (non-hydrogen) atoms. The first-order valence-corrected chi connectivity index (χ1v) is 12.1. The molecular weight excluding hydrogens is 390 g/mol. The number of fused-ring (bicyclic) bond motifs is 1. The average Bonchev–Trinajstić information content (AvgIpc) is 3.64. The SMILES string of the molecule is CCN1CCC(CCNC(=O)CCc2ccc3c(c2)CN(C(=O)C2CC2)CCO3)CC1. The van der Waals surface area contributed by atoms with Gasteiger partial charge >= 0.3 is 0 Å². The van der Waals surface area contributed by atoms with E-state index in [2.05, 4.69) is 23.2 Å². The maximum Gasteiger partial charge on any atom is 0.226 e. The van der Waals surface area contributed by atoms with Crippen LogP contribution in [0.25, 0.3) is 0 Å². The fourth-order valence-electron chi connectivity index (χ4n) is 4.73. The van der Waals surface area contributed by atoms with E-state index < -0.39 is 0 Å². The topological polar surface area (TPSA) is 61.9 Å². The van der Waals surface area contributed by atoms with E-state index in [-0.39, 0.29) is 17.7 Å². The van der Waals surface area contributed by atoms with E-state index in [0.717, 1.165) is 55.1 Å². The Morgan fingerprint density at radius 1 is 1.13 bits per heavy atom. The smallest absolute Gasteiger partial charge is 0.226 e. The van der Waals surface area contributed by atoms with Crippen molar-refractivity contribution in [2.75, 3.05) is 39.3 Å². The largest absolute Gasteiger partial charge is 0.491 e. The minimum atomic E-state index is 0.128. The Kier molecular flexibility index (Phi) is 7.49. The van der Waals surface area contributed by atoms with Crippen molar-refractivity contribution in [2.24, 2.45) is 11.8 Å². The van der Waals surface area contributed by atoms with Gasteiger partial charge in [0.1, 0.15) is 12.4 Å². The highest BCUT2D eigenvalue weighted by molar-refractivity contribution is 5.81. The lowest BCUT2D eigenvalue weighted by Gasteiger charge is -2.31. The molecule has 0 spiro atoms. The summed E-state index contributed by atoms with van der Waals surface area (Å²) in [4.78, 5) is 29.2. The summed E-state index contributed by atoms with van der Waals surface area (Å²) in [7, 11) is 0. The molecule has 0 radical (unpaired) electrons. The van der Waals surface area contributed by atoms with Gasteiger partial charge in [-0.25, -0.2) is 0 Å². The van der Waals surface area contributed by atoms with Gasteiger partial charge in [-0.3, -0.25) is 9.59 Å². The normalized spacial score (nSPS) is 20.0. The Hall–Kier alpha value is -2.08. The average molecular weight is 428 g/mol. The van der Waals surface area contributed by atoms with Crippen molar-refractivity contribution in [2.45, 2.75) is 58.4 Å². The second-order valence-corrected chi connectivity index (χ2v) is 9.34. The van der Waals surface area contributed by atoms with Crippen molar-refractivity contribution in [3.63, 3.8) is 0 Å². The molecule has 6 heteroatoms. The predicted octanol–water partition coefficient (Wildman–Crippen LogP) is 2.99. The van der Waals surface area contributed by atoms with Gasteiger partial charge in [-0.1, -0.05) is 19.1 Å². The van der Waals surface area contributed by atoms with Gasteiger partial charge in [0.15, 0.2) is 0 Å². The molecule has 1 saturated heterocycles. The molecule has 3 aliphatic rings. The molecule has 1 aromatic rings. The van der Waals surface area contributed by atoms with Crippen LogP contribution in [-0.4, -0.2) is 60.9 Å². The second-order valence-electron chi connectivity index (χ2n) is 9.34. The Labute approximate surface area is 186 Å². The van der Waals surface area contributed by atoms with Gasteiger partial charge in [-0.15, -0.1) is 0 Å². The van der Waals surface area contributed by atoms with Gasteiger partial charge in [-0.2, -0.15) is 0 Å². The summed E-state index contributed by atoms with van der Waals surface area (Å²) in [6.07, 6.45) is 6.85. The van der Waals surface area contributed by atoms with Crippen molar-refractivity contribution in [3.8, 4) is 5.75 Å². The van der Waals surface area contributed by atoms with Crippen LogP contribution in [0.3, 0.4) is 0 Å². The third-order valence-corrected chi connectivity index (χ3v) is 7.01. The number of hydrogen-bond donors (Lipinski definition) is 1. The first-order chi connectivity index (χ1) is 15.1. The number of nitrogens with one attached hydrogen (secondary N) is 1. The van der Waals surface area contributed by atoms with Crippen LogP contribution in [0, 0.1) is 11.8 Å². The molecule has 1 N–H and O–H groups in total. The number of aryl methyl sites for hydroxylation is 1. The number of carbonyl (C=O) groups excluding carboxylic acids is 2. The molecule has 2 fully saturated rings. The van der Waals surface area contributed by atoms with E-state index >= 15 is 0 Å². The second kappa shape index (κ2) is 10.5. The highest BCUT2D eigenvalue weighted by Gasteiger charge is 2.34. The maximum absolute atomic E-state index is 12.5. The fourth-order valence-corrected chi connectivity index (χ4v) is 4.73. The predicted molar refractivity (Wildman–Crippen MR) is 121 cm³/mol. The van der Waals surface area contributed by atoms with Gasteiger partial charge in [0, 0.05) is 31.0 Å². The van der Waals surface area contributed by atoms with E-state index in [0.29, 0.717) is 32.5 Å². The quantitative estimate of drug-likeness (QED) is 0.693. The number of carbonyl (C=O) groups is 2. The van der Waals surface area contributed by atoms with Crippen LogP contribution < -0.4 is 10.1 Å². The van der Waals surface area contributed by atoms with Crippen LogP contribution >= 0.6 is 0 Å². The highest BCUT2D eigenvalue weighted by Crippen LogP contribution is 2.33. The Bertz CT molecular complexity index is 769. The van der Waals surface area contributed by atoms with Gasteiger partial charge in [0.2, 0.25) is 11.8 Å². The number of nitrogens with zero attached hydrogens (tertiary/aromatic N) is 2. The van der Waals surface area contributed by atoms with E-state index in [1.165, 1.54) is 25.9 Å². The molecule has 0 atom stereocenters. The van der Waals surface area contributed by atoms with Gasteiger partial charge in [0.25, 0.3) is 0 Å². The van der Waals surface area contributed by atoms with Crippen LogP contribution in [0.4, 0.5) is 0 Å². The lowest BCUT2D eigenvalue weighted by Crippen LogP contribution is -2.35. The fraction of sp³-hybridized carbons (Fsp3) is 0.680. The van der Waals surface area contributed by atoms with Crippen molar-refractivity contribution < 1.29 is 14.3 Å². The molecule has 2 amide bonds. The Morgan fingerprint density at radius 2 is 1.94 bits per heavy atom. The number of hydrogen-bond acceptors (Lipinski definition) is 4. The highest BCUT2D eigenvalue weighted by atomic mass is 16.5. The summed E-state index contributed by atoms with van der Waals surface area (Å²) in [6, 6.07) is 6.16. The zero-order valence-electron chi connectivity index (χ0n) is 18.9. The van der Waals surface area contributed by atoms with Crippen molar-refractivity contribution in [1.29, 1.82) is 0 Å². The number of rotatable bonds is 8. The van der Waals surface area contributed by atoms with Gasteiger partial charge < -0.3 is 19.9 Å². The van der Waals surface area contributed by atoms with Gasteiger partial charge in [-0.05, 0) is 75.7 Å². The van der Waals surface area contributed by atoms with E-state index in [1.807, 2.05) is 17.0 Å². The third kappa shape index (κ3) is 6.22. The molecular formula is C25H37N3O3. The van der Waals surface area contributed by atoms with Crippen LogP contribution in [0.2, 0.25) is 0 Å². The molecule has 6 nitrogen and oxygen atoms in total. The summed E-state index contributed by atoms with van der Waals surface area (Å²) in [5.41, 5.74) is 2.19. The monoisotopic (exact) mass is 427 g/mol. The number of ether oxygens (including phenoxy) is 1. The molecule has 1 aromatic carbocycles.